The Bertz CT molecular complexity index is 1010. The fourth-order valence-corrected chi connectivity index (χ4v) is 3.57. The predicted molar refractivity (Wildman–Crippen MR) is 137 cm³/mol. The largest absolute Gasteiger partial charge is 0.507 e. The zero-order chi connectivity index (χ0) is 24.4. The van der Waals surface area contributed by atoms with Gasteiger partial charge in [-0.2, -0.15) is 0 Å². The van der Waals surface area contributed by atoms with Crippen LogP contribution in [-0.2, 0) is 22.4 Å². The Morgan fingerprint density at radius 2 is 1.38 bits per heavy atom. The van der Waals surface area contributed by atoms with Gasteiger partial charge >= 0.3 is 0 Å². The Morgan fingerprint density at radius 1 is 0.844 bits per heavy atom. The molecule has 32 heavy (non-hydrogen) atoms. The molecular weight excluding hydrogens is 396 g/mol. The molecule has 0 aromatic heterocycles. The highest BCUT2D eigenvalue weighted by Crippen LogP contribution is 2.31. The lowest BCUT2D eigenvalue weighted by Crippen LogP contribution is -2.04. The van der Waals surface area contributed by atoms with E-state index < -0.39 is 0 Å². The molecule has 0 heterocycles. The van der Waals surface area contributed by atoms with Gasteiger partial charge in [-0.3, -0.25) is 4.79 Å². The molecule has 0 unspecified atom stereocenters. The Labute approximate surface area is 193 Å². The fraction of sp³-hybridized carbons (Fsp3) is 0.379. The van der Waals surface area contributed by atoms with Crippen molar-refractivity contribution in [2.24, 2.45) is 0 Å². The van der Waals surface area contributed by atoms with Crippen LogP contribution in [0.1, 0.15) is 87.8 Å². The molecule has 3 heteroatoms. The minimum atomic E-state index is -0.144. The van der Waals surface area contributed by atoms with Crippen LogP contribution in [0.3, 0.4) is 0 Å². The van der Waals surface area contributed by atoms with Crippen LogP contribution in [0.5, 0.6) is 0 Å². The third-order valence-electron chi connectivity index (χ3n) is 5.11. The SMILES string of the molecule is C=C(C)c1ccc(C)c(/C(C(C)=O)=C(/O)c2ccc(CCC)c(CCC)c2)c1.CC(C)=O. The van der Waals surface area contributed by atoms with Crippen molar-refractivity contribution < 1.29 is 14.7 Å². The van der Waals surface area contributed by atoms with Crippen molar-refractivity contribution >= 4 is 28.5 Å². The number of aryl methyl sites for hydroxylation is 3. The first-order valence-corrected chi connectivity index (χ1v) is 11.3. The van der Waals surface area contributed by atoms with Crippen LogP contribution in [-0.4, -0.2) is 16.7 Å². The Hall–Kier alpha value is -2.94. The highest BCUT2D eigenvalue weighted by Gasteiger charge is 2.19. The van der Waals surface area contributed by atoms with E-state index in [9.17, 15) is 14.7 Å². The number of ketones is 2. The van der Waals surface area contributed by atoms with E-state index in [-0.39, 0.29) is 17.3 Å². The number of aliphatic hydroxyl groups is 1. The zero-order valence-electron chi connectivity index (χ0n) is 20.8. The quantitative estimate of drug-likeness (QED) is 0.265. The van der Waals surface area contributed by atoms with Gasteiger partial charge in [0.1, 0.15) is 11.5 Å². The second kappa shape index (κ2) is 12.8. The first-order chi connectivity index (χ1) is 15.0. The second-order valence-corrected chi connectivity index (χ2v) is 8.48. The van der Waals surface area contributed by atoms with Gasteiger partial charge in [0, 0.05) is 5.56 Å². The minimum absolute atomic E-state index is 0.0508. The summed E-state index contributed by atoms with van der Waals surface area (Å²) < 4.78 is 0. The highest BCUT2D eigenvalue weighted by molar-refractivity contribution is 6.26. The maximum atomic E-state index is 12.5. The van der Waals surface area contributed by atoms with Crippen LogP contribution in [0.2, 0.25) is 0 Å². The van der Waals surface area contributed by atoms with Crippen LogP contribution >= 0.6 is 0 Å². The summed E-state index contributed by atoms with van der Waals surface area (Å²) in [5.41, 5.74) is 7.27. The van der Waals surface area contributed by atoms with E-state index in [2.05, 4.69) is 26.5 Å². The molecule has 1 N–H and O–H groups in total. The molecule has 2 rings (SSSR count). The number of benzene rings is 2. The van der Waals surface area contributed by atoms with Crippen LogP contribution in [0.15, 0.2) is 43.0 Å². The van der Waals surface area contributed by atoms with E-state index >= 15 is 0 Å². The van der Waals surface area contributed by atoms with Crippen molar-refractivity contribution in [1.82, 2.24) is 0 Å². The summed E-state index contributed by atoms with van der Waals surface area (Å²) in [5.74, 6) is 0.0732. The number of carbonyl (C=O) groups excluding carboxylic acids is 2. The third-order valence-corrected chi connectivity index (χ3v) is 5.11. The van der Waals surface area contributed by atoms with E-state index in [0.717, 1.165) is 47.9 Å². The van der Waals surface area contributed by atoms with Crippen molar-refractivity contribution in [2.75, 3.05) is 0 Å². The van der Waals surface area contributed by atoms with Crippen molar-refractivity contribution in [2.45, 2.75) is 74.1 Å². The molecule has 0 radical (unpaired) electrons. The molecule has 0 fully saturated rings. The number of carbonyl (C=O) groups is 2. The van der Waals surface area contributed by atoms with E-state index in [0.29, 0.717) is 11.1 Å². The zero-order valence-corrected chi connectivity index (χ0v) is 20.8. The average molecular weight is 435 g/mol. The first-order valence-electron chi connectivity index (χ1n) is 11.3. The number of Topliss-reactive ketones (excluding diaryl/α,β-unsaturated/α-hetero) is 2. The van der Waals surface area contributed by atoms with Gasteiger partial charge in [-0.15, -0.1) is 0 Å². The van der Waals surface area contributed by atoms with Gasteiger partial charge in [0.15, 0.2) is 5.78 Å². The standard InChI is InChI=1S/C26H32O2.C3H6O/c1-7-9-20-13-14-23(15-22(20)10-8-2)26(28)25(19(6)27)24-16-21(17(3)4)12-11-18(24)5;1-3(2)4/h11-16,28H,3,7-10H2,1-2,4-6H3;1-2H3/b26-25+;. The lowest BCUT2D eigenvalue weighted by atomic mass is 9.90. The molecule has 0 atom stereocenters. The van der Waals surface area contributed by atoms with Gasteiger partial charge < -0.3 is 9.90 Å². The van der Waals surface area contributed by atoms with Crippen LogP contribution in [0.25, 0.3) is 16.9 Å². The van der Waals surface area contributed by atoms with Crippen LogP contribution < -0.4 is 0 Å². The normalized spacial score (nSPS) is 11.2. The summed E-state index contributed by atoms with van der Waals surface area (Å²) in [4.78, 5) is 22.0. The summed E-state index contributed by atoms with van der Waals surface area (Å²) in [6, 6.07) is 12.0. The van der Waals surface area contributed by atoms with Crippen LogP contribution in [0.4, 0.5) is 0 Å². The first kappa shape index (κ1) is 27.1. The molecule has 3 nitrogen and oxygen atoms in total. The summed E-state index contributed by atoms with van der Waals surface area (Å²) >= 11 is 0. The van der Waals surface area contributed by atoms with E-state index in [1.54, 1.807) is 0 Å². The summed E-state index contributed by atoms with van der Waals surface area (Å²) in [6.45, 7) is 16.8. The molecule has 0 saturated heterocycles. The molecule has 172 valence electrons. The number of allylic oxidation sites excluding steroid dienone is 2. The van der Waals surface area contributed by atoms with Gasteiger partial charge in [0.25, 0.3) is 0 Å². The van der Waals surface area contributed by atoms with Crippen molar-refractivity contribution in [1.29, 1.82) is 0 Å². The van der Waals surface area contributed by atoms with Gasteiger partial charge in [0.2, 0.25) is 0 Å². The monoisotopic (exact) mass is 434 g/mol. The minimum Gasteiger partial charge on any atom is -0.507 e. The number of aliphatic hydroxyl groups excluding tert-OH is 1. The smallest absolute Gasteiger partial charge is 0.164 e. The van der Waals surface area contributed by atoms with E-state index in [4.69, 9.17) is 0 Å². The lowest BCUT2D eigenvalue weighted by molar-refractivity contribution is -0.115. The summed E-state index contributed by atoms with van der Waals surface area (Å²) in [5, 5.41) is 11.1. The maximum absolute atomic E-state index is 12.5. The lowest BCUT2D eigenvalue weighted by Gasteiger charge is -2.15. The van der Waals surface area contributed by atoms with Gasteiger partial charge in [0.05, 0.1) is 5.57 Å². The summed E-state index contributed by atoms with van der Waals surface area (Å²) in [7, 11) is 0. The molecule has 0 bridgehead atoms. The molecule has 2 aromatic carbocycles. The molecule has 0 aliphatic rings. The van der Waals surface area contributed by atoms with Crippen molar-refractivity contribution in [3.05, 3.63) is 76.4 Å². The van der Waals surface area contributed by atoms with Gasteiger partial charge in [-0.25, -0.2) is 0 Å². The van der Waals surface area contributed by atoms with Crippen molar-refractivity contribution in [3.8, 4) is 0 Å². The van der Waals surface area contributed by atoms with Gasteiger partial charge in [-0.1, -0.05) is 63.1 Å². The molecular formula is C29H38O3. The highest BCUT2D eigenvalue weighted by atomic mass is 16.3. The van der Waals surface area contributed by atoms with E-state index in [1.165, 1.54) is 31.9 Å². The topological polar surface area (TPSA) is 54.4 Å². The number of hydrogen-bond acceptors (Lipinski definition) is 3. The molecule has 2 aromatic rings. The Kier molecular flexibility index (Phi) is 10.8. The molecule has 0 aliphatic heterocycles. The van der Waals surface area contributed by atoms with Crippen LogP contribution in [0, 0.1) is 6.92 Å². The maximum Gasteiger partial charge on any atom is 0.164 e. The third kappa shape index (κ3) is 7.64. The van der Waals surface area contributed by atoms with Gasteiger partial charge in [-0.05, 0) is 87.4 Å². The number of rotatable bonds is 8. The molecule has 0 amide bonds. The average Bonchev–Trinajstić information content (AvgIpc) is 2.70. The predicted octanol–water partition coefficient (Wildman–Crippen LogP) is 7.54. The van der Waals surface area contributed by atoms with E-state index in [1.807, 2.05) is 44.2 Å². The summed E-state index contributed by atoms with van der Waals surface area (Å²) in [6.07, 6.45) is 4.13. The molecule has 0 aliphatic carbocycles. The van der Waals surface area contributed by atoms with Crippen molar-refractivity contribution in [3.63, 3.8) is 0 Å². The number of hydrogen-bond donors (Lipinski definition) is 1. The fourth-order valence-electron chi connectivity index (χ4n) is 3.57. The Morgan fingerprint density at radius 3 is 1.88 bits per heavy atom. The molecule has 0 spiro atoms. The molecule has 0 saturated carbocycles. The Balaban J connectivity index is 0.00000118. The second-order valence-electron chi connectivity index (χ2n) is 8.48.